The minimum Gasteiger partial charge on any atom is -0.308 e. The number of rotatable bonds is 3. The molecule has 0 aliphatic heterocycles. The highest BCUT2D eigenvalue weighted by Crippen LogP contribution is 2.29. The van der Waals surface area contributed by atoms with Crippen LogP contribution in [-0.2, 0) is 0 Å². The van der Waals surface area contributed by atoms with Crippen LogP contribution in [0.3, 0.4) is 0 Å². The summed E-state index contributed by atoms with van der Waals surface area (Å²) in [4.78, 5) is 2.24. The van der Waals surface area contributed by atoms with Gasteiger partial charge in [-0.1, -0.05) is 48.1 Å². The summed E-state index contributed by atoms with van der Waals surface area (Å²) in [6.07, 6.45) is 6.70. The molecule has 1 atom stereocenters. The zero-order valence-corrected chi connectivity index (χ0v) is 10.3. The van der Waals surface area contributed by atoms with E-state index in [4.69, 9.17) is 0 Å². The van der Waals surface area contributed by atoms with E-state index in [9.17, 15) is 0 Å². The topological polar surface area (TPSA) is 3.24 Å². The summed E-state index contributed by atoms with van der Waals surface area (Å²) in [6, 6.07) is 8.75. The third-order valence-electron chi connectivity index (χ3n) is 2.93. The second-order valence-corrected chi connectivity index (χ2v) is 4.75. The van der Waals surface area contributed by atoms with Gasteiger partial charge in [-0.2, -0.15) is 0 Å². The summed E-state index contributed by atoms with van der Waals surface area (Å²) in [6.45, 7) is 3.23. The molecule has 1 unspecified atom stereocenters. The molecule has 1 aromatic carbocycles. The molecule has 0 amide bonds. The van der Waals surface area contributed by atoms with Crippen molar-refractivity contribution in [1.29, 1.82) is 0 Å². The molecule has 16 heavy (non-hydrogen) atoms. The van der Waals surface area contributed by atoms with Crippen LogP contribution >= 0.6 is 0 Å². The first-order valence-electron chi connectivity index (χ1n) is 5.77. The van der Waals surface area contributed by atoms with E-state index in [0.717, 1.165) is 6.54 Å². The van der Waals surface area contributed by atoms with E-state index in [1.165, 1.54) is 16.7 Å². The van der Waals surface area contributed by atoms with Gasteiger partial charge < -0.3 is 4.90 Å². The molecule has 2 rings (SSSR count). The lowest BCUT2D eigenvalue weighted by molar-refractivity contribution is 0.390. The fraction of sp³-hybridized carbons (Fsp3) is 0.333. The summed E-state index contributed by atoms with van der Waals surface area (Å²) in [5, 5.41) is 0. The van der Waals surface area contributed by atoms with Crippen molar-refractivity contribution in [3.8, 4) is 0 Å². The van der Waals surface area contributed by atoms with Crippen LogP contribution in [0, 0.1) is 12.8 Å². The summed E-state index contributed by atoms with van der Waals surface area (Å²) < 4.78 is 0. The van der Waals surface area contributed by atoms with Crippen LogP contribution in [0.25, 0.3) is 5.57 Å². The first kappa shape index (κ1) is 11.2. The van der Waals surface area contributed by atoms with Crippen LogP contribution in [0.5, 0.6) is 0 Å². The van der Waals surface area contributed by atoms with Crippen molar-refractivity contribution in [2.24, 2.45) is 5.92 Å². The molecule has 1 aliphatic carbocycles. The summed E-state index contributed by atoms with van der Waals surface area (Å²) in [5.41, 5.74) is 4.13. The zero-order chi connectivity index (χ0) is 11.5. The molecule has 0 aromatic heterocycles. The normalized spacial score (nSPS) is 19.2. The fourth-order valence-corrected chi connectivity index (χ4v) is 2.21. The van der Waals surface area contributed by atoms with E-state index < -0.39 is 0 Å². The minimum absolute atomic E-state index is 0.539. The van der Waals surface area contributed by atoms with Crippen LogP contribution in [-0.4, -0.2) is 25.5 Å². The standard InChI is InChI=1S/C15H19N/c1-12-6-4-7-13(10-12)15-9-5-8-14(15)11-16(2)3/h4-10,14H,11H2,1-3H3. The molecule has 0 saturated heterocycles. The van der Waals surface area contributed by atoms with Gasteiger partial charge in [0.2, 0.25) is 0 Å². The molecule has 0 bridgehead atoms. The van der Waals surface area contributed by atoms with Crippen molar-refractivity contribution in [2.45, 2.75) is 6.92 Å². The lowest BCUT2D eigenvalue weighted by Crippen LogP contribution is -2.20. The summed E-state index contributed by atoms with van der Waals surface area (Å²) >= 11 is 0. The molecule has 0 N–H and O–H groups in total. The highest BCUT2D eigenvalue weighted by atomic mass is 15.1. The van der Waals surface area contributed by atoms with E-state index in [2.05, 4.69) is 68.4 Å². The Hall–Kier alpha value is -1.34. The monoisotopic (exact) mass is 213 g/mol. The average molecular weight is 213 g/mol. The lowest BCUT2D eigenvalue weighted by Gasteiger charge is -2.19. The average Bonchev–Trinajstić information content (AvgIpc) is 2.65. The summed E-state index contributed by atoms with van der Waals surface area (Å²) in [5.74, 6) is 0.539. The van der Waals surface area contributed by atoms with Crippen LogP contribution < -0.4 is 0 Å². The molecule has 1 nitrogen and oxygen atoms in total. The van der Waals surface area contributed by atoms with Gasteiger partial charge in [0.15, 0.2) is 0 Å². The van der Waals surface area contributed by atoms with Crippen molar-refractivity contribution < 1.29 is 0 Å². The van der Waals surface area contributed by atoms with Crippen LogP contribution in [0.4, 0.5) is 0 Å². The van der Waals surface area contributed by atoms with Crippen LogP contribution in [0.15, 0.2) is 42.5 Å². The maximum atomic E-state index is 2.29. The van der Waals surface area contributed by atoms with E-state index in [1.54, 1.807) is 0 Å². The van der Waals surface area contributed by atoms with Gasteiger partial charge in [-0.05, 0) is 32.2 Å². The number of hydrogen-bond acceptors (Lipinski definition) is 1. The molecular formula is C15H19N. The molecule has 0 fully saturated rings. The maximum Gasteiger partial charge on any atom is 0.0154 e. The number of nitrogens with zero attached hydrogens (tertiary/aromatic N) is 1. The predicted octanol–water partition coefficient (Wildman–Crippen LogP) is 3.13. The van der Waals surface area contributed by atoms with Gasteiger partial charge >= 0.3 is 0 Å². The molecule has 84 valence electrons. The van der Waals surface area contributed by atoms with E-state index in [1.807, 2.05) is 0 Å². The third kappa shape index (κ3) is 2.42. The highest BCUT2D eigenvalue weighted by molar-refractivity contribution is 5.73. The minimum atomic E-state index is 0.539. The Morgan fingerprint density at radius 1 is 1.25 bits per heavy atom. The Labute approximate surface area is 98.1 Å². The lowest BCUT2D eigenvalue weighted by atomic mass is 9.94. The quantitative estimate of drug-likeness (QED) is 0.745. The van der Waals surface area contributed by atoms with Gasteiger partial charge in [0.1, 0.15) is 0 Å². The smallest absolute Gasteiger partial charge is 0.0154 e. The SMILES string of the molecule is Cc1cccc(C2=CC=CC2CN(C)C)c1. The van der Waals surface area contributed by atoms with Gasteiger partial charge in [0, 0.05) is 12.5 Å². The molecule has 0 heterocycles. The first-order valence-corrected chi connectivity index (χ1v) is 5.77. The van der Waals surface area contributed by atoms with Crippen molar-refractivity contribution in [3.63, 3.8) is 0 Å². The highest BCUT2D eigenvalue weighted by Gasteiger charge is 2.16. The Kier molecular flexibility index (Phi) is 3.25. The van der Waals surface area contributed by atoms with Crippen molar-refractivity contribution in [1.82, 2.24) is 4.90 Å². The molecule has 1 heteroatoms. The fourth-order valence-electron chi connectivity index (χ4n) is 2.21. The van der Waals surface area contributed by atoms with Gasteiger partial charge in [-0.25, -0.2) is 0 Å². The van der Waals surface area contributed by atoms with Crippen LogP contribution in [0.2, 0.25) is 0 Å². The Morgan fingerprint density at radius 2 is 2.06 bits per heavy atom. The van der Waals surface area contributed by atoms with Gasteiger partial charge in [0.25, 0.3) is 0 Å². The molecule has 0 radical (unpaired) electrons. The Morgan fingerprint density at radius 3 is 2.75 bits per heavy atom. The van der Waals surface area contributed by atoms with Crippen molar-refractivity contribution >= 4 is 5.57 Å². The maximum absolute atomic E-state index is 2.29. The third-order valence-corrected chi connectivity index (χ3v) is 2.93. The molecule has 0 saturated carbocycles. The first-order chi connectivity index (χ1) is 7.66. The van der Waals surface area contributed by atoms with Crippen LogP contribution in [0.1, 0.15) is 11.1 Å². The van der Waals surface area contributed by atoms with Gasteiger partial charge in [-0.3, -0.25) is 0 Å². The van der Waals surface area contributed by atoms with E-state index in [-0.39, 0.29) is 0 Å². The Bertz CT molecular complexity index is 427. The Balaban J connectivity index is 2.22. The molecule has 1 aliphatic rings. The second-order valence-electron chi connectivity index (χ2n) is 4.75. The number of aryl methyl sites for hydroxylation is 1. The number of benzene rings is 1. The van der Waals surface area contributed by atoms with Gasteiger partial charge in [0.05, 0.1) is 0 Å². The zero-order valence-electron chi connectivity index (χ0n) is 10.3. The van der Waals surface area contributed by atoms with Crippen molar-refractivity contribution in [3.05, 3.63) is 53.6 Å². The number of hydrogen-bond donors (Lipinski definition) is 0. The molecule has 1 aromatic rings. The molecule has 0 spiro atoms. The van der Waals surface area contributed by atoms with Crippen molar-refractivity contribution in [2.75, 3.05) is 20.6 Å². The second kappa shape index (κ2) is 4.67. The largest absolute Gasteiger partial charge is 0.308 e. The molecular weight excluding hydrogens is 194 g/mol. The van der Waals surface area contributed by atoms with Gasteiger partial charge in [-0.15, -0.1) is 0 Å². The van der Waals surface area contributed by atoms with E-state index in [0.29, 0.717) is 5.92 Å². The summed E-state index contributed by atoms with van der Waals surface area (Å²) in [7, 11) is 4.25. The van der Waals surface area contributed by atoms with E-state index >= 15 is 0 Å². The predicted molar refractivity (Wildman–Crippen MR) is 70.3 cm³/mol. The number of allylic oxidation sites excluding steroid dienone is 2.